The van der Waals surface area contributed by atoms with E-state index in [1.54, 1.807) is 12.1 Å². The molecule has 4 rings (SSSR count). The number of hydrogen-bond donors (Lipinski definition) is 1. The summed E-state index contributed by atoms with van der Waals surface area (Å²) in [5.74, 6) is -0.192. The van der Waals surface area contributed by atoms with Crippen molar-refractivity contribution in [3.63, 3.8) is 0 Å². The number of aromatic carboxylic acids is 1. The molecular weight excluding hydrogens is 322 g/mol. The first-order chi connectivity index (χ1) is 12.7. The van der Waals surface area contributed by atoms with Gasteiger partial charge in [0.05, 0.1) is 11.3 Å². The predicted octanol–water partition coefficient (Wildman–Crippen LogP) is 5.36. The van der Waals surface area contributed by atoms with Crippen molar-refractivity contribution in [3.8, 4) is 16.9 Å². The van der Waals surface area contributed by atoms with E-state index < -0.39 is 5.97 Å². The molecule has 0 aliphatic heterocycles. The Balaban J connectivity index is 1.93. The molecule has 1 N–H and O–H groups in total. The van der Waals surface area contributed by atoms with Crippen LogP contribution in [-0.2, 0) is 12.8 Å². The summed E-state index contributed by atoms with van der Waals surface area (Å²) in [7, 11) is 0. The van der Waals surface area contributed by atoms with Crippen LogP contribution >= 0.6 is 0 Å². The highest BCUT2D eigenvalue weighted by molar-refractivity contribution is 5.88. The Hall–Kier alpha value is -2.81. The number of nitrogens with zero attached hydrogens (tertiary/aromatic N) is 1. The summed E-state index contributed by atoms with van der Waals surface area (Å²) in [5.41, 5.74) is 6.30. The number of fused-ring (bicyclic) bond motifs is 1. The van der Waals surface area contributed by atoms with Crippen LogP contribution in [-0.4, -0.2) is 15.6 Å². The number of aryl methyl sites for hydroxylation is 1. The van der Waals surface area contributed by atoms with E-state index in [1.165, 1.54) is 24.1 Å². The fraction of sp³-hybridized carbons (Fsp3) is 0.261. The predicted molar refractivity (Wildman–Crippen MR) is 104 cm³/mol. The lowest BCUT2D eigenvalue weighted by Gasteiger charge is -2.24. The maximum Gasteiger partial charge on any atom is 0.335 e. The molecule has 0 spiro atoms. The molecule has 1 aromatic heterocycles. The molecule has 132 valence electrons. The number of hydrogen-bond acceptors (Lipinski definition) is 1. The molecule has 26 heavy (non-hydrogen) atoms. The van der Waals surface area contributed by atoms with Gasteiger partial charge in [-0.25, -0.2) is 4.79 Å². The molecule has 1 unspecified atom stereocenters. The van der Waals surface area contributed by atoms with Crippen LogP contribution in [0.2, 0.25) is 0 Å². The number of carboxylic acids is 1. The zero-order chi connectivity index (χ0) is 18.1. The number of carbonyl (C=O) groups is 1. The van der Waals surface area contributed by atoms with E-state index in [9.17, 15) is 9.90 Å². The Kier molecular flexibility index (Phi) is 4.37. The zero-order valence-electron chi connectivity index (χ0n) is 15.0. The van der Waals surface area contributed by atoms with Gasteiger partial charge in [0.25, 0.3) is 0 Å². The molecule has 1 aliphatic carbocycles. The van der Waals surface area contributed by atoms with E-state index in [2.05, 4.69) is 29.7 Å². The number of rotatable bonds is 4. The lowest BCUT2D eigenvalue weighted by Crippen LogP contribution is -2.16. The summed E-state index contributed by atoms with van der Waals surface area (Å²) >= 11 is 0. The molecule has 0 fully saturated rings. The molecule has 3 aromatic rings. The van der Waals surface area contributed by atoms with Crippen LogP contribution in [0.3, 0.4) is 0 Å². The number of benzene rings is 2. The third kappa shape index (κ3) is 2.94. The third-order valence-electron chi connectivity index (χ3n) is 5.49. The quantitative estimate of drug-likeness (QED) is 0.692. The maximum atomic E-state index is 11.5. The normalized spacial score (nSPS) is 16.3. The van der Waals surface area contributed by atoms with E-state index in [1.807, 2.05) is 30.3 Å². The SMILES string of the molecule is CCC1CCc2cc(-c3ccccc3)n(-c3cccc(C(=O)O)c3)c2C1. The lowest BCUT2D eigenvalue weighted by atomic mass is 9.86. The largest absolute Gasteiger partial charge is 0.478 e. The maximum absolute atomic E-state index is 11.5. The second-order valence-electron chi connectivity index (χ2n) is 7.08. The zero-order valence-corrected chi connectivity index (χ0v) is 15.0. The Labute approximate surface area is 153 Å². The molecule has 0 radical (unpaired) electrons. The fourth-order valence-electron chi connectivity index (χ4n) is 4.02. The van der Waals surface area contributed by atoms with E-state index in [4.69, 9.17) is 0 Å². The van der Waals surface area contributed by atoms with Gasteiger partial charge in [0.1, 0.15) is 0 Å². The fourth-order valence-corrected chi connectivity index (χ4v) is 4.02. The summed E-state index contributed by atoms with van der Waals surface area (Å²) in [6, 6.07) is 19.9. The molecule has 1 atom stereocenters. The molecular formula is C23H23NO2. The Morgan fingerprint density at radius 3 is 2.65 bits per heavy atom. The van der Waals surface area contributed by atoms with Crippen LogP contribution in [0.5, 0.6) is 0 Å². The van der Waals surface area contributed by atoms with Crippen LogP contribution < -0.4 is 0 Å². The van der Waals surface area contributed by atoms with Crippen LogP contribution in [0, 0.1) is 5.92 Å². The van der Waals surface area contributed by atoms with Crippen molar-refractivity contribution in [1.29, 1.82) is 0 Å². The van der Waals surface area contributed by atoms with E-state index in [0.29, 0.717) is 11.5 Å². The molecule has 3 heteroatoms. The summed E-state index contributed by atoms with van der Waals surface area (Å²) < 4.78 is 2.28. The minimum absolute atomic E-state index is 0.326. The molecule has 0 bridgehead atoms. The smallest absolute Gasteiger partial charge is 0.335 e. The second-order valence-corrected chi connectivity index (χ2v) is 7.08. The van der Waals surface area contributed by atoms with Gasteiger partial charge in [-0.2, -0.15) is 0 Å². The minimum atomic E-state index is -0.888. The van der Waals surface area contributed by atoms with Gasteiger partial charge in [0, 0.05) is 11.4 Å². The highest BCUT2D eigenvalue weighted by Crippen LogP contribution is 2.36. The average Bonchev–Trinajstić information content (AvgIpc) is 3.07. The first-order valence-corrected chi connectivity index (χ1v) is 9.30. The van der Waals surface area contributed by atoms with Crippen molar-refractivity contribution >= 4 is 5.97 Å². The Bertz CT molecular complexity index is 940. The van der Waals surface area contributed by atoms with Gasteiger partial charge in [0.2, 0.25) is 0 Å². The van der Waals surface area contributed by atoms with Crippen molar-refractivity contribution < 1.29 is 9.90 Å². The van der Waals surface area contributed by atoms with Crippen LogP contribution in [0.25, 0.3) is 16.9 Å². The van der Waals surface area contributed by atoms with Gasteiger partial charge >= 0.3 is 5.97 Å². The van der Waals surface area contributed by atoms with Gasteiger partial charge < -0.3 is 9.67 Å². The Morgan fingerprint density at radius 2 is 1.92 bits per heavy atom. The monoisotopic (exact) mass is 345 g/mol. The molecule has 2 aromatic carbocycles. The van der Waals surface area contributed by atoms with Gasteiger partial charge in [-0.15, -0.1) is 0 Å². The van der Waals surface area contributed by atoms with Gasteiger partial charge in [-0.3, -0.25) is 0 Å². The van der Waals surface area contributed by atoms with Gasteiger partial charge in [-0.05, 0) is 60.6 Å². The third-order valence-corrected chi connectivity index (χ3v) is 5.49. The van der Waals surface area contributed by atoms with Crippen LogP contribution in [0.4, 0.5) is 0 Å². The molecule has 0 saturated heterocycles. The molecule has 0 amide bonds. The van der Waals surface area contributed by atoms with E-state index in [-0.39, 0.29) is 0 Å². The summed E-state index contributed by atoms with van der Waals surface area (Å²) in [4.78, 5) is 11.5. The molecule has 0 saturated carbocycles. The van der Waals surface area contributed by atoms with E-state index in [0.717, 1.165) is 29.8 Å². The highest BCUT2D eigenvalue weighted by atomic mass is 16.4. The highest BCUT2D eigenvalue weighted by Gasteiger charge is 2.24. The second kappa shape index (κ2) is 6.83. The topological polar surface area (TPSA) is 42.2 Å². The first kappa shape index (κ1) is 16.6. The summed E-state index contributed by atoms with van der Waals surface area (Å²) in [6.07, 6.45) is 4.56. The van der Waals surface area contributed by atoms with Crippen molar-refractivity contribution in [2.75, 3.05) is 0 Å². The van der Waals surface area contributed by atoms with Crippen LogP contribution in [0.15, 0.2) is 60.7 Å². The number of aromatic nitrogens is 1. The lowest BCUT2D eigenvalue weighted by molar-refractivity contribution is 0.0697. The minimum Gasteiger partial charge on any atom is -0.478 e. The molecule has 1 heterocycles. The van der Waals surface area contributed by atoms with E-state index >= 15 is 0 Å². The molecule has 1 aliphatic rings. The first-order valence-electron chi connectivity index (χ1n) is 9.30. The van der Waals surface area contributed by atoms with Crippen molar-refractivity contribution in [2.45, 2.75) is 32.6 Å². The summed E-state index contributed by atoms with van der Waals surface area (Å²) in [5, 5.41) is 9.40. The van der Waals surface area contributed by atoms with Crippen molar-refractivity contribution in [3.05, 3.63) is 77.5 Å². The van der Waals surface area contributed by atoms with Gasteiger partial charge in [0.15, 0.2) is 0 Å². The molecule has 3 nitrogen and oxygen atoms in total. The number of carboxylic acid groups (broad SMARTS) is 1. The average molecular weight is 345 g/mol. The van der Waals surface area contributed by atoms with Crippen molar-refractivity contribution in [2.24, 2.45) is 5.92 Å². The Morgan fingerprint density at radius 1 is 1.12 bits per heavy atom. The van der Waals surface area contributed by atoms with Gasteiger partial charge in [-0.1, -0.05) is 49.7 Å². The van der Waals surface area contributed by atoms with Crippen LogP contribution in [0.1, 0.15) is 41.4 Å². The standard InChI is InChI=1S/C23H23NO2/c1-2-16-11-12-18-15-22(17-7-4-3-5-8-17)24(21(18)13-16)20-10-6-9-19(14-20)23(25)26/h3-10,14-16H,2,11-13H2,1H3,(H,25,26). The van der Waals surface area contributed by atoms with Crippen molar-refractivity contribution in [1.82, 2.24) is 4.57 Å². The summed E-state index contributed by atoms with van der Waals surface area (Å²) in [6.45, 7) is 2.26.